The lowest BCUT2D eigenvalue weighted by Gasteiger charge is -1.98. The molecule has 92 valence electrons. The molecule has 0 bridgehead atoms. The molecule has 1 aromatic rings. The monoisotopic (exact) mass is 280 g/mol. The van der Waals surface area contributed by atoms with Crippen molar-refractivity contribution in [2.75, 3.05) is 0 Å². The van der Waals surface area contributed by atoms with Crippen LogP contribution in [0.1, 0.15) is 12.5 Å². The lowest BCUT2D eigenvalue weighted by atomic mass is 10.2. The number of thioether (sulfide) groups is 1. The minimum absolute atomic E-state index is 0.252. The maximum absolute atomic E-state index is 11.6. The van der Waals surface area contributed by atoms with Crippen molar-refractivity contribution in [2.24, 2.45) is 4.99 Å². The summed E-state index contributed by atoms with van der Waals surface area (Å²) in [5.74, 6) is -0.609. The molecular formula is C12H9ClN2O2S. The molecule has 1 aliphatic rings. The van der Waals surface area contributed by atoms with Gasteiger partial charge in [-0.05, 0) is 35.5 Å². The summed E-state index contributed by atoms with van der Waals surface area (Å²) >= 11 is 6.99. The number of carbonyl (C=O) groups excluding carboxylic acids is 2. The van der Waals surface area contributed by atoms with E-state index in [1.807, 2.05) is 6.07 Å². The minimum atomic E-state index is -0.358. The lowest BCUT2D eigenvalue weighted by Crippen LogP contribution is -2.23. The van der Waals surface area contributed by atoms with Crippen molar-refractivity contribution in [3.05, 3.63) is 39.8 Å². The Bertz CT molecular complexity index is 581. The highest BCUT2D eigenvalue weighted by atomic mass is 35.5. The van der Waals surface area contributed by atoms with Gasteiger partial charge in [0.1, 0.15) is 0 Å². The van der Waals surface area contributed by atoms with Gasteiger partial charge in [0.25, 0.3) is 5.91 Å². The second-order valence-corrected chi connectivity index (χ2v) is 5.04. The van der Waals surface area contributed by atoms with Crippen molar-refractivity contribution >= 4 is 46.4 Å². The molecule has 0 spiro atoms. The standard InChI is InChI=1S/C12H9ClN2O2S/c1-7(16)14-12-15-11(17)10(18-12)6-8-3-2-4-9(13)5-8/h2-6H,1H3,(H,14,15,16,17)/b10-6-. The molecule has 1 N–H and O–H groups in total. The Balaban J connectivity index is 2.17. The van der Waals surface area contributed by atoms with Gasteiger partial charge >= 0.3 is 0 Å². The van der Waals surface area contributed by atoms with Gasteiger partial charge in [0.2, 0.25) is 5.91 Å². The van der Waals surface area contributed by atoms with Crippen molar-refractivity contribution in [2.45, 2.75) is 6.92 Å². The van der Waals surface area contributed by atoms with Crippen LogP contribution in [0, 0.1) is 0 Å². The second kappa shape index (κ2) is 5.37. The van der Waals surface area contributed by atoms with E-state index >= 15 is 0 Å². The van der Waals surface area contributed by atoms with Crippen molar-refractivity contribution < 1.29 is 9.59 Å². The van der Waals surface area contributed by atoms with Gasteiger partial charge in [0, 0.05) is 11.9 Å². The molecule has 0 saturated heterocycles. The van der Waals surface area contributed by atoms with E-state index < -0.39 is 0 Å². The van der Waals surface area contributed by atoms with Gasteiger partial charge in [-0.25, -0.2) is 0 Å². The number of aliphatic imine (C=N–C) groups is 1. The molecule has 0 aliphatic carbocycles. The molecule has 2 rings (SSSR count). The number of rotatable bonds is 1. The highest BCUT2D eigenvalue weighted by molar-refractivity contribution is 8.18. The maximum Gasteiger partial charge on any atom is 0.286 e. The third-order valence-corrected chi connectivity index (χ3v) is 3.18. The van der Waals surface area contributed by atoms with Crippen LogP contribution < -0.4 is 5.32 Å². The van der Waals surface area contributed by atoms with E-state index in [-0.39, 0.29) is 11.8 Å². The summed E-state index contributed by atoms with van der Waals surface area (Å²) in [5, 5.41) is 3.39. The third kappa shape index (κ3) is 3.21. The molecule has 4 nitrogen and oxygen atoms in total. The normalized spacial score (nSPS) is 16.9. The smallest absolute Gasteiger partial charge is 0.286 e. The van der Waals surface area contributed by atoms with E-state index in [4.69, 9.17) is 11.6 Å². The molecule has 2 amide bonds. The molecule has 0 radical (unpaired) electrons. The fraction of sp³-hybridized carbons (Fsp3) is 0.0833. The molecule has 0 fully saturated rings. The van der Waals surface area contributed by atoms with Crippen LogP contribution in [0.2, 0.25) is 5.02 Å². The Morgan fingerprint density at radius 1 is 1.50 bits per heavy atom. The summed E-state index contributed by atoms with van der Waals surface area (Å²) in [5.41, 5.74) is 0.817. The molecule has 6 heteroatoms. The largest absolute Gasteiger partial charge is 0.305 e. The Labute approximate surface area is 113 Å². The number of nitrogens with zero attached hydrogens (tertiary/aromatic N) is 1. The molecule has 0 aromatic heterocycles. The molecule has 1 aliphatic heterocycles. The Morgan fingerprint density at radius 2 is 2.28 bits per heavy atom. The van der Waals surface area contributed by atoms with Gasteiger partial charge in [-0.1, -0.05) is 23.7 Å². The average Bonchev–Trinajstić information content (AvgIpc) is 2.58. The van der Waals surface area contributed by atoms with Gasteiger partial charge in [0.15, 0.2) is 5.17 Å². The molecule has 18 heavy (non-hydrogen) atoms. The molecule has 1 aromatic carbocycles. The van der Waals surface area contributed by atoms with E-state index in [2.05, 4.69) is 10.3 Å². The first kappa shape index (κ1) is 12.9. The van der Waals surface area contributed by atoms with Crippen LogP contribution in [0.3, 0.4) is 0 Å². The molecular weight excluding hydrogens is 272 g/mol. The van der Waals surface area contributed by atoms with Crippen LogP contribution in [0.4, 0.5) is 0 Å². The number of benzene rings is 1. The zero-order chi connectivity index (χ0) is 13.1. The van der Waals surface area contributed by atoms with Crippen LogP contribution in [0.25, 0.3) is 6.08 Å². The third-order valence-electron chi connectivity index (χ3n) is 2.05. The summed E-state index contributed by atoms with van der Waals surface area (Å²) in [6.07, 6.45) is 1.69. The van der Waals surface area contributed by atoms with Gasteiger partial charge in [-0.2, -0.15) is 4.99 Å². The summed E-state index contributed by atoms with van der Waals surface area (Å²) in [6.45, 7) is 1.37. The topological polar surface area (TPSA) is 58.5 Å². The fourth-order valence-corrected chi connectivity index (χ4v) is 2.42. The van der Waals surface area contributed by atoms with Gasteiger partial charge in [-0.3, -0.25) is 9.59 Å². The summed E-state index contributed by atoms with van der Waals surface area (Å²) < 4.78 is 0. The van der Waals surface area contributed by atoms with Crippen LogP contribution in [0.15, 0.2) is 34.2 Å². The number of halogens is 1. The molecule has 0 atom stereocenters. The van der Waals surface area contributed by atoms with E-state index in [9.17, 15) is 9.59 Å². The quantitative estimate of drug-likeness (QED) is 0.804. The summed E-state index contributed by atoms with van der Waals surface area (Å²) in [7, 11) is 0. The number of amides is 2. The molecule has 0 unspecified atom stereocenters. The average molecular weight is 281 g/mol. The summed E-state index contributed by atoms with van der Waals surface area (Å²) in [4.78, 5) is 26.7. The van der Waals surface area contributed by atoms with Crippen molar-refractivity contribution in [1.29, 1.82) is 0 Å². The molecule has 0 saturated carbocycles. The first-order valence-electron chi connectivity index (χ1n) is 5.10. The Hall–Kier alpha value is -1.59. The van der Waals surface area contributed by atoms with Gasteiger partial charge in [-0.15, -0.1) is 0 Å². The molecule has 1 heterocycles. The fourth-order valence-electron chi connectivity index (χ4n) is 1.36. The zero-order valence-electron chi connectivity index (χ0n) is 9.44. The number of hydrogen-bond acceptors (Lipinski definition) is 3. The van der Waals surface area contributed by atoms with Gasteiger partial charge < -0.3 is 5.32 Å². The first-order valence-corrected chi connectivity index (χ1v) is 6.30. The van der Waals surface area contributed by atoms with Crippen molar-refractivity contribution in [3.63, 3.8) is 0 Å². The van der Waals surface area contributed by atoms with E-state index in [1.54, 1.807) is 24.3 Å². The minimum Gasteiger partial charge on any atom is -0.305 e. The van der Waals surface area contributed by atoms with Crippen LogP contribution in [-0.2, 0) is 9.59 Å². The van der Waals surface area contributed by atoms with Gasteiger partial charge in [0.05, 0.1) is 4.91 Å². The summed E-state index contributed by atoms with van der Waals surface area (Å²) in [6, 6.07) is 7.14. The predicted molar refractivity (Wildman–Crippen MR) is 73.3 cm³/mol. The number of hydrogen-bond donors (Lipinski definition) is 1. The van der Waals surface area contributed by atoms with E-state index in [0.717, 1.165) is 17.3 Å². The highest BCUT2D eigenvalue weighted by Gasteiger charge is 2.22. The number of nitrogens with one attached hydrogen (secondary N) is 1. The van der Waals surface area contributed by atoms with Crippen LogP contribution in [-0.4, -0.2) is 17.0 Å². The van der Waals surface area contributed by atoms with E-state index in [1.165, 1.54) is 6.92 Å². The SMILES string of the molecule is CC(=O)NC1=NC(=O)/C(=C/c2cccc(Cl)c2)S1. The predicted octanol–water partition coefficient (Wildman–Crippen LogP) is 2.45. The van der Waals surface area contributed by atoms with Crippen molar-refractivity contribution in [1.82, 2.24) is 5.32 Å². The number of carbonyl (C=O) groups is 2. The van der Waals surface area contributed by atoms with Crippen LogP contribution >= 0.6 is 23.4 Å². The maximum atomic E-state index is 11.6. The Kier molecular flexibility index (Phi) is 3.84. The first-order chi connectivity index (χ1) is 8.54. The van der Waals surface area contributed by atoms with Crippen molar-refractivity contribution in [3.8, 4) is 0 Å². The van der Waals surface area contributed by atoms with Crippen LogP contribution in [0.5, 0.6) is 0 Å². The second-order valence-electron chi connectivity index (χ2n) is 3.57. The Morgan fingerprint density at radius 3 is 2.94 bits per heavy atom. The highest BCUT2D eigenvalue weighted by Crippen LogP contribution is 2.27. The number of amidine groups is 1. The zero-order valence-corrected chi connectivity index (χ0v) is 11.0. The van der Waals surface area contributed by atoms with E-state index in [0.29, 0.717) is 15.1 Å². The lowest BCUT2D eigenvalue weighted by molar-refractivity contribution is -0.117.